The fourth-order valence-electron chi connectivity index (χ4n) is 1.87. The molecule has 0 aliphatic rings. The minimum atomic E-state index is 0.655. The van der Waals surface area contributed by atoms with Crippen molar-refractivity contribution in [3.8, 4) is 0 Å². The van der Waals surface area contributed by atoms with Crippen molar-refractivity contribution >= 4 is 11.6 Å². The SMILES string of the molecule is CCC(CN)CCN(C)Cc1ccc(Cl)cc1. The van der Waals surface area contributed by atoms with Crippen LogP contribution in [0.15, 0.2) is 24.3 Å². The van der Waals surface area contributed by atoms with Crippen molar-refractivity contribution < 1.29 is 0 Å². The first-order chi connectivity index (χ1) is 8.15. The van der Waals surface area contributed by atoms with E-state index in [1.54, 1.807) is 0 Å². The van der Waals surface area contributed by atoms with Gasteiger partial charge in [0.15, 0.2) is 0 Å². The molecule has 3 heteroatoms. The normalized spacial score (nSPS) is 13.0. The highest BCUT2D eigenvalue weighted by molar-refractivity contribution is 6.30. The van der Waals surface area contributed by atoms with Gasteiger partial charge >= 0.3 is 0 Å². The summed E-state index contributed by atoms with van der Waals surface area (Å²) in [5.41, 5.74) is 7.01. The zero-order chi connectivity index (χ0) is 12.7. The minimum Gasteiger partial charge on any atom is -0.330 e. The van der Waals surface area contributed by atoms with Crippen molar-refractivity contribution in [1.82, 2.24) is 4.90 Å². The zero-order valence-electron chi connectivity index (χ0n) is 10.8. The molecule has 1 aromatic carbocycles. The molecule has 0 saturated carbocycles. The Bertz CT molecular complexity index is 307. The second-order valence-corrected chi connectivity index (χ2v) is 5.10. The first-order valence-electron chi connectivity index (χ1n) is 6.28. The third-order valence-corrected chi connectivity index (χ3v) is 3.45. The number of hydrogen-bond donors (Lipinski definition) is 1. The topological polar surface area (TPSA) is 29.3 Å². The summed E-state index contributed by atoms with van der Waals surface area (Å²) in [6.45, 7) is 5.07. The number of nitrogens with two attached hydrogens (primary N) is 1. The van der Waals surface area contributed by atoms with E-state index < -0.39 is 0 Å². The number of nitrogens with zero attached hydrogens (tertiary/aromatic N) is 1. The third-order valence-electron chi connectivity index (χ3n) is 3.20. The van der Waals surface area contributed by atoms with Gasteiger partial charge < -0.3 is 10.6 Å². The molecule has 0 saturated heterocycles. The van der Waals surface area contributed by atoms with Crippen LogP contribution in [0.5, 0.6) is 0 Å². The first kappa shape index (κ1) is 14.5. The van der Waals surface area contributed by atoms with E-state index in [2.05, 4.69) is 31.0 Å². The van der Waals surface area contributed by atoms with E-state index in [0.29, 0.717) is 5.92 Å². The summed E-state index contributed by atoms with van der Waals surface area (Å²) in [6.07, 6.45) is 2.35. The molecule has 0 aliphatic carbocycles. The van der Waals surface area contributed by atoms with Gasteiger partial charge in [-0.3, -0.25) is 0 Å². The summed E-state index contributed by atoms with van der Waals surface area (Å²) in [4.78, 5) is 2.33. The standard InChI is InChI=1S/C14H23ClN2/c1-3-12(10-16)8-9-17(2)11-13-4-6-14(15)7-5-13/h4-7,12H,3,8-11,16H2,1-2H3. The molecule has 0 aromatic heterocycles. The summed E-state index contributed by atoms with van der Waals surface area (Å²) in [5.74, 6) is 0.655. The Morgan fingerprint density at radius 1 is 1.29 bits per heavy atom. The summed E-state index contributed by atoms with van der Waals surface area (Å²) in [7, 11) is 2.15. The number of halogens is 1. The molecular formula is C14H23ClN2. The predicted molar refractivity (Wildman–Crippen MR) is 75.2 cm³/mol. The fraction of sp³-hybridized carbons (Fsp3) is 0.571. The maximum atomic E-state index is 5.86. The number of benzene rings is 1. The van der Waals surface area contributed by atoms with Crippen LogP contribution in [0.4, 0.5) is 0 Å². The van der Waals surface area contributed by atoms with Gasteiger partial charge in [-0.05, 0) is 50.2 Å². The second kappa shape index (κ2) is 7.70. The van der Waals surface area contributed by atoms with Crippen LogP contribution in [0.3, 0.4) is 0 Å². The summed E-state index contributed by atoms with van der Waals surface area (Å²) in [6, 6.07) is 8.05. The molecule has 2 N–H and O–H groups in total. The van der Waals surface area contributed by atoms with Crippen LogP contribution in [-0.2, 0) is 6.54 Å². The minimum absolute atomic E-state index is 0.655. The van der Waals surface area contributed by atoms with Gasteiger partial charge in [0.05, 0.1) is 0 Å². The van der Waals surface area contributed by atoms with Crippen molar-refractivity contribution in [2.75, 3.05) is 20.1 Å². The van der Waals surface area contributed by atoms with E-state index in [9.17, 15) is 0 Å². The fourth-order valence-corrected chi connectivity index (χ4v) is 2.00. The summed E-state index contributed by atoms with van der Waals surface area (Å²) < 4.78 is 0. The zero-order valence-corrected chi connectivity index (χ0v) is 11.6. The van der Waals surface area contributed by atoms with Crippen molar-refractivity contribution in [3.05, 3.63) is 34.9 Å². The Kier molecular flexibility index (Phi) is 6.56. The number of hydrogen-bond acceptors (Lipinski definition) is 2. The predicted octanol–water partition coefficient (Wildman–Crippen LogP) is 3.15. The van der Waals surface area contributed by atoms with Crippen molar-refractivity contribution in [2.45, 2.75) is 26.3 Å². The maximum absolute atomic E-state index is 5.86. The second-order valence-electron chi connectivity index (χ2n) is 4.66. The van der Waals surface area contributed by atoms with Gasteiger partial charge in [-0.1, -0.05) is 37.1 Å². The molecule has 0 heterocycles. The van der Waals surface area contributed by atoms with E-state index in [4.69, 9.17) is 17.3 Å². The van der Waals surface area contributed by atoms with E-state index in [1.807, 2.05) is 12.1 Å². The lowest BCUT2D eigenvalue weighted by atomic mass is 10.0. The Hall–Kier alpha value is -0.570. The quantitative estimate of drug-likeness (QED) is 0.810. The highest BCUT2D eigenvalue weighted by Crippen LogP contribution is 2.12. The average molecular weight is 255 g/mol. The Morgan fingerprint density at radius 3 is 2.47 bits per heavy atom. The Balaban J connectivity index is 2.34. The van der Waals surface area contributed by atoms with Crippen LogP contribution in [-0.4, -0.2) is 25.0 Å². The van der Waals surface area contributed by atoms with Gasteiger partial charge in [-0.2, -0.15) is 0 Å². The van der Waals surface area contributed by atoms with Crippen molar-refractivity contribution in [2.24, 2.45) is 11.7 Å². The molecule has 1 atom stereocenters. The molecule has 1 rings (SSSR count). The van der Waals surface area contributed by atoms with Crippen LogP contribution in [0.25, 0.3) is 0 Å². The third kappa shape index (κ3) is 5.53. The first-order valence-corrected chi connectivity index (χ1v) is 6.66. The lowest BCUT2D eigenvalue weighted by molar-refractivity contribution is 0.292. The van der Waals surface area contributed by atoms with Gasteiger partial charge in [0.2, 0.25) is 0 Å². The number of rotatable bonds is 7. The van der Waals surface area contributed by atoms with Crippen LogP contribution in [0.1, 0.15) is 25.3 Å². The molecule has 0 amide bonds. The van der Waals surface area contributed by atoms with Crippen LogP contribution < -0.4 is 5.73 Å². The van der Waals surface area contributed by atoms with Crippen LogP contribution in [0.2, 0.25) is 5.02 Å². The molecule has 1 unspecified atom stereocenters. The summed E-state index contributed by atoms with van der Waals surface area (Å²) in [5, 5.41) is 0.797. The molecule has 0 fully saturated rings. The van der Waals surface area contributed by atoms with E-state index in [1.165, 1.54) is 18.4 Å². The van der Waals surface area contributed by atoms with Crippen LogP contribution in [0, 0.1) is 5.92 Å². The van der Waals surface area contributed by atoms with E-state index in [0.717, 1.165) is 24.7 Å². The van der Waals surface area contributed by atoms with Crippen LogP contribution >= 0.6 is 11.6 Å². The summed E-state index contributed by atoms with van der Waals surface area (Å²) >= 11 is 5.86. The highest BCUT2D eigenvalue weighted by atomic mass is 35.5. The van der Waals surface area contributed by atoms with Gasteiger partial charge in [-0.25, -0.2) is 0 Å². The highest BCUT2D eigenvalue weighted by Gasteiger charge is 2.06. The van der Waals surface area contributed by atoms with Crippen molar-refractivity contribution in [1.29, 1.82) is 0 Å². The van der Waals surface area contributed by atoms with E-state index >= 15 is 0 Å². The molecule has 0 radical (unpaired) electrons. The van der Waals surface area contributed by atoms with Gasteiger partial charge in [0.1, 0.15) is 0 Å². The lowest BCUT2D eigenvalue weighted by Gasteiger charge is -2.20. The Morgan fingerprint density at radius 2 is 1.94 bits per heavy atom. The molecular weight excluding hydrogens is 232 g/mol. The van der Waals surface area contributed by atoms with Gasteiger partial charge in [-0.15, -0.1) is 0 Å². The van der Waals surface area contributed by atoms with E-state index in [-0.39, 0.29) is 0 Å². The molecule has 0 spiro atoms. The molecule has 1 aromatic rings. The maximum Gasteiger partial charge on any atom is 0.0406 e. The molecule has 0 bridgehead atoms. The van der Waals surface area contributed by atoms with Gasteiger partial charge in [0.25, 0.3) is 0 Å². The largest absolute Gasteiger partial charge is 0.330 e. The van der Waals surface area contributed by atoms with Gasteiger partial charge in [0, 0.05) is 11.6 Å². The van der Waals surface area contributed by atoms with Crippen molar-refractivity contribution in [3.63, 3.8) is 0 Å². The molecule has 2 nitrogen and oxygen atoms in total. The lowest BCUT2D eigenvalue weighted by Crippen LogP contribution is -2.24. The monoisotopic (exact) mass is 254 g/mol. The smallest absolute Gasteiger partial charge is 0.0406 e. The molecule has 0 aliphatic heterocycles. The Labute approximate surface area is 110 Å². The molecule has 96 valence electrons. The average Bonchev–Trinajstić information content (AvgIpc) is 2.33. The molecule has 17 heavy (non-hydrogen) atoms.